The SMILES string of the molecule is CCc1ccc(C(CO)NCc2ccc(C#N)o2)cc1. The molecule has 1 heterocycles. The number of hydrogen-bond donors (Lipinski definition) is 2. The van der Waals surface area contributed by atoms with E-state index in [2.05, 4.69) is 24.4 Å². The maximum atomic E-state index is 9.49. The fourth-order valence-corrected chi connectivity index (χ4v) is 2.03. The maximum Gasteiger partial charge on any atom is 0.203 e. The lowest BCUT2D eigenvalue weighted by Crippen LogP contribution is -2.23. The minimum absolute atomic E-state index is 0.0112. The van der Waals surface area contributed by atoms with E-state index in [1.165, 1.54) is 5.56 Å². The molecule has 0 bridgehead atoms. The van der Waals surface area contributed by atoms with Crippen molar-refractivity contribution in [3.8, 4) is 6.07 Å². The summed E-state index contributed by atoms with van der Waals surface area (Å²) in [6, 6.07) is 13.4. The largest absolute Gasteiger partial charge is 0.449 e. The topological polar surface area (TPSA) is 69.2 Å². The molecule has 0 aliphatic rings. The molecule has 0 saturated heterocycles. The number of nitriles is 1. The van der Waals surface area contributed by atoms with Crippen LogP contribution >= 0.6 is 0 Å². The average Bonchev–Trinajstić information content (AvgIpc) is 2.96. The van der Waals surface area contributed by atoms with E-state index in [1.807, 2.05) is 18.2 Å². The Balaban J connectivity index is 1.99. The maximum absolute atomic E-state index is 9.49. The summed E-state index contributed by atoms with van der Waals surface area (Å²) in [5, 5.41) is 21.4. The van der Waals surface area contributed by atoms with Crippen molar-refractivity contribution >= 4 is 0 Å². The molecule has 2 aromatic rings. The molecule has 1 aromatic carbocycles. The molecule has 0 fully saturated rings. The number of aryl methyl sites for hydroxylation is 1. The molecule has 104 valence electrons. The minimum atomic E-state index is -0.142. The normalized spacial score (nSPS) is 12.1. The van der Waals surface area contributed by atoms with Crippen molar-refractivity contribution in [3.05, 3.63) is 59.0 Å². The van der Waals surface area contributed by atoms with Gasteiger partial charge in [0.15, 0.2) is 0 Å². The van der Waals surface area contributed by atoms with Gasteiger partial charge in [0.05, 0.1) is 19.2 Å². The van der Waals surface area contributed by atoms with Gasteiger partial charge in [-0.15, -0.1) is 0 Å². The lowest BCUT2D eigenvalue weighted by atomic mass is 10.0. The molecule has 0 aliphatic carbocycles. The Morgan fingerprint density at radius 1 is 1.25 bits per heavy atom. The van der Waals surface area contributed by atoms with Crippen LogP contribution in [0.1, 0.15) is 35.6 Å². The third-order valence-corrected chi connectivity index (χ3v) is 3.27. The molecule has 0 saturated carbocycles. The van der Waals surface area contributed by atoms with E-state index in [1.54, 1.807) is 12.1 Å². The Labute approximate surface area is 118 Å². The smallest absolute Gasteiger partial charge is 0.203 e. The molecule has 4 nitrogen and oxygen atoms in total. The molecule has 0 radical (unpaired) electrons. The van der Waals surface area contributed by atoms with Gasteiger partial charge in [-0.05, 0) is 29.7 Å². The first-order valence-electron chi connectivity index (χ1n) is 6.68. The summed E-state index contributed by atoms with van der Waals surface area (Å²) in [7, 11) is 0. The Hall–Kier alpha value is -2.09. The fraction of sp³-hybridized carbons (Fsp3) is 0.312. The zero-order chi connectivity index (χ0) is 14.4. The minimum Gasteiger partial charge on any atom is -0.449 e. The van der Waals surface area contributed by atoms with Crippen LogP contribution in [-0.4, -0.2) is 11.7 Å². The number of furan rings is 1. The Kier molecular flexibility index (Phi) is 4.94. The van der Waals surface area contributed by atoms with Crippen LogP contribution in [0.2, 0.25) is 0 Å². The first-order chi connectivity index (χ1) is 9.76. The molecule has 0 spiro atoms. The molecular weight excluding hydrogens is 252 g/mol. The highest BCUT2D eigenvalue weighted by Gasteiger charge is 2.11. The molecule has 20 heavy (non-hydrogen) atoms. The second-order valence-corrected chi connectivity index (χ2v) is 4.59. The van der Waals surface area contributed by atoms with Gasteiger partial charge in [0.25, 0.3) is 0 Å². The van der Waals surface area contributed by atoms with Crippen LogP contribution in [-0.2, 0) is 13.0 Å². The van der Waals surface area contributed by atoms with Crippen molar-refractivity contribution < 1.29 is 9.52 Å². The van der Waals surface area contributed by atoms with Gasteiger partial charge in [0, 0.05) is 0 Å². The summed E-state index contributed by atoms with van der Waals surface area (Å²) in [5.41, 5.74) is 2.31. The second kappa shape index (κ2) is 6.90. The van der Waals surface area contributed by atoms with E-state index in [4.69, 9.17) is 9.68 Å². The highest BCUT2D eigenvalue weighted by atomic mass is 16.3. The summed E-state index contributed by atoms with van der Waals surface area (Å²) in [6.07, 6.45) is 1.00. The van der Waals surface area contributed by atoms with Crippen LogP contribution in [0.3, 0.4) is 0 Å². The molecule has 4 heteroatoms. The molecule has 0 aliphatic heterocycles. The summed E-state index contributed by atoms with van der Waals surface area (Å²) in [4.78, 5) is 0. The first kappa shape index (κ1) is 14.3. The highest BCUT2D eigenvalue weighted by molar-refractivity contribution is 5.25. The summed E-state index contributed by atoms with van der Waals surface area (Å²) >= 11 is 0. The van der Waals surface area contributed by atoms with E-state index < -0.39 is 0 Å². The lowest BCUT2D eigenvalue weighted by molar-refractivity contribution is 0.241. The van der Waals surface area contributed by atoms with Gasteiger partial charge in [-0.1, -0.05) is 31.2 Å². The van der Waals surface area contributed by atoms with Crippen LogP contribution in [0, 0.1) is 11.3 Å². The zero-order valence-corrected chi connectivity index (χ0v) is 11.5. The average molecular weight is 270 g/mol. The van der Waals surface area contributed by atoms with E-state index in [-0.39, 0.29) is 12.6 Å². The second-order valence-electron chi connectivity index (χ2n) is 4.59. The van der Waals surface area contributed by atoms with Gasteiger partial charge < -0.3 is 14.8 Å². The number of aliphatic hydroxyl groups is 1. The van der Waals surface area contributed by atoms with Crippen molar-refractivity contribution in [2.24, 2.45) is 0 Å². The number of nitrogens with zero attached hydrogens (tertiary/aromatic N) is 1. The number of benzene rings is 1. The fourth-order valence-electron chi connectivity index (χ4n) is 2.03. The predicted octanol–water partition coefficient (Wildman–Crippen LogP) is 2.54. The Morgan fingerprint density at radius 3 is 2.55 bits per heavy atom. The molecule has 1 atom stereocenters. The summed E-state index contributed by atoms with van der Waals surface area (Å²) in [5.74, 6) is 0.986. The lowest BCUT2D eigenvalue weighted by Gasteiger charge is -2.16. The summed E-state index contributed by atoms with van der Waals surface area (Å²) in [6.45, 7) is 2.60. The van der Waals surface area contributed by atoms with E-state index in [0.717, 1.165) is 12.0 Å². The zero-order valence-electron chi connectivity index (χ0n) is 11.5. The molecular formula is C16H18N2O2. The third kappa shape index (κ3) is 3.47. The quantitative estimate of drug-likeness (QED) is 0.846. The van der Waals surface area contributed by atoms with Crippen molar-refractivity contribution in [2.75, 3.05) is 6.61 Å². The third-order valence-electron chi connectivity index (χ3n) is 3.27. The van der Waals surface area contributed by atoms with Gasteiger partial charge in [0.1, 0.15) is 11.8 Å². The molecule has 2 rings (SSSR count). The standard InChI is InChI=1S/C16H18N2O2/c1-2-12-3-5-13(6-4-12)16(11-19)18-10-15-8-7-14(9-17)20-15/h3-8,16,18-19H,2,10-11H2,1H3. The number of rotatable bonds is 6. The molecule has 0 amide bonds. The number of nitrogens with one attached hydrogen (secondary N) is 1. The highest BCUT2D eigenvalue weighted by Crippen LogP contribution is 2.15. The van der Waals surface area contributed by atoms with Crippen molar-refractivity contribution in [1.82, 2.24) is 5.32 Å². The van der Waals surface area contributed by atoms with Crippen molar-refractivity contribution in [1.29, 1.82) is 5.26 Å². The predicted molar refractivity (Wildman–Crippen MR) is 75.9 cm³/mol. The van der Waals surface area contributed by atoms with E-state index in [9.17, 15) is 5.11 Å². The van der Waals surface area contributed by atoms with Crippen LogP contribution in [0.15, 0.2) is 40.8 Å². The van der Waals surface area contributed by atoms with Crippen LogP contribution in [0.4, 0.5) is 0 Å². The van der Waals surface area contributed by atoms with Gasteiger partial charge in [-0.25, -0.2) is 0 Å². The van der Waals surface area contributed by atoms with Crippen molar-refractivity contribution in [3.63, 3.8) is 0 Å². The number of aliphatic hydroxyl groups excluding tert-OH is 1. The van der Waals surface area contributed by atoms with Crippen LogP contribution < -0.4 is 5.32 Å². The monoisotopic (exact) mass is 270 g/mol. The van der Waals surface area contributed by atoms with Gasteiger partial charge in [0.2, 0.25) is 5.76 Å². The van der Waals surface area contributed by atoms with Crippen LogP contribution in [0.25, 0.3) is 0 Å². The Bertz CT molecular complexity index is 581. The van der Waals surface area contributed by atoms with Gasteiger partial charge in [-0.3, -0.25) is 0 Å². The number of hydrogen-bond acceptors (Lipinski definition) is 4. The van der Waals surface area contributed by atoms with Crippen LogP contribution in [0.5, 0.6) is 0 Å². The van der Waals surface area contributed by atoms with E-state index >= 15 is 0 Å². The van der Waals surface area contributed by atoms with Gasteiger partial charge in [-0.2, -0.15) is 5.26 Å². The molecule has 1 unspecified atom stereocenters. The first-order valence-corrected chi connectivity index (χ1v) is 6.68. The molecule has 2 N–H and O–H groups in total. The summed E-state index contributed by atoms with van der Waals surface area (Å²) < 4.78 is 5.29. The van der Waals surface area contributed by atoms with E-state index in [0.29, 0.717) is 18.1 Å². The van der Waals surface area contributed by atoms with Crippen molar-refractivity contribution in [2.45, 2.75) is 25.9 Å². The molecule has 1 aromatic heterocycles. The Morgan fingerprint density at radius 2 is 2.00 bits per heavy atom. The van der Waals surface area contributed by atoms with Gasteiger partial charge >= 0.3 is 0 Å².